The first-order valence-corrected chi connectivity index (χ1v) is 17.2. The normalized spacial score (nSPS) is 14.7. The highest BCUT2D eigenvalue weighted by Crippen LogP contribution is 2.10. The minimum Gasteiger partial charge on any atom is -0.480 e. The van der Waals surface area contributed by atoms with Crippen LogP contribution >= 0.6 is 0 Å². The highest BCUT2D eigenvalue weighted by Gasteiger charge is 2.32. The van der Waals surface area contributed by atoms with Crippen molar-refractivity contribution in [3.63, 3.8) is 0 Å². The number of aromatic amines is 1. The first-order chi connectivity index (χ1) is 24.2. The van der Waals surface area contributed by atoms with Crippen molar-refractivity contribution >= 4 is 47.3 Å². The third-order valence-corrected chi connectivity index (χ3v) is 7.56. The van der Waals surface area contributed by atoms with Crippen LogP contribution in [0.3, 0.4) is 0 Å². The minimum absolute atomic E-state index is 0.0389. The molecule has 7 amide bonds. The van der Waals surface area contributed by atoms with Crippen molar-refractivity contribution in [1.29, 1.82) is 0 Å². The summed E-state index contributed by atoms with van der Waals surface area (Å²) in [5, 5.41) is 24.3. The van der Waals surface area contributed by atoms with Gasteiger partial charge in [0, 0.05) is 18.3 Å². The summed E-state index contributed by atoms with van der Waals surface area (Å²) < 4.78 is 0. The fourth-order valence-electron chi connectivity index (χ4n) is 4.98. The smallest absolute Gasteiger partial charge is 0.325 e. The summed E-state index contributed by atoms with van der Waals surface area (Å²) in [4.78, 5) is 108. The number of H-pyrrole nitrogens is 1. The predicted molar refractivity (Wildman–Crippen MR) is 188 cm³/mol. The van der Waals surface area contributed by atoms with Gasteiger partial charge in [-0.25, -0.2) is 4.98 Å². The molecule has 0 aliphatic heterocycles. The van der Waals surface area contributed by atoms with Crippen molar-refractivity contribution in [1.82, 2.24) is 41.9 Å². The van der Waals surface area contributed by atoms with Crippen molar-refractivity contribution in [3.8, 4) is 0 Å². The quantitative estimate of drug-likeness (QED) is 0.0582. The van der Waals surface area contributed by atoms with Gasteiger partial charge in [-0.1, -0.05) is 41.5 Å². The second-order valence-corrected chi connectivity index (χ2v) is 14.0. The van der Waals surface area contributed by atoms with E-state index in [-0.39, 0.29) is 43.4 Å². The summed E-state index contributed by atoms with van der Waals surface area (Å²) >= 11 is 0. The number of hydrogen-bond donors (Lipinski definition) is 10. The van der Waals surface area contributed by atoms with Gasteiger partial charge < -0.3 is 53.5 Å². The molecule has 1 aromatic rings. The zero-order valence-electron chi connectivity index (χ0n) is 30.9. The van der Waals surface area contributed by atoms with Crippen LogP contribution < -0.4 is 43.4 Å². The molecule has 0 fully saturated rings. The summed E-state index contributed by atoms with van der Waals surface area (Å²) in [5.41, 5.74) is 11.4. The molecule has 0 bridgehead atoms. The molecule has 0 aliphatic carbocycles. The number of nitrogens with zero attached hydrogens (tertiary/aromatic N) is 1. The Morgan fingerprint density at radius 1 is 0.692 bits per heavy atom. The molecule has 0 saturated heterocycles. The molecule has 0 saturated carbocycles. The monoisotopic (exact) mass is 736 g/mol. The van der Waals surface area contributed by atoms with E-state index in [4.69, 9.17) is 16.6 Å². The van der Waals surface area contributed by atoms with E-state index >= 15 is 0 Å². The van der Waals surface area contributed by atoms with Gasteiger partial charge in [0.1, 0.15) is 30.2 Å². The zero-order chi connectivity index (χ0) is 39.7. The fourth-order valence-corrected chi connectivity index (χ4v) is 4.98. The van der Waals surface area contributed by atoms with Gasteiger partial charge in [0.05, 0.1) is 25.3 Å². The number of aromatic nitrogens is 2. The molecule has 0 unspecified atom stereocenters. The van der Waals surface area contributed by atoms with E-state index < -0.39 is 96.5 Å². The van der Waals surface area contributed by atoms with Crippen LogP contribution in [0.25, 0.3) is 0 Å². The van der Waals surface area contributed by atoms with E-state index in [1.807, 2.05) is 41.5 Å². The largest absolute Gasteiger partial charge is 0.480 e. The second-order valence-electron chi connectivity index (χ2n) is 14.0. The molecule has 52 heavy (non-hydrogen) atoms. The van der Waals surface area contributed by atoms with Gasteiger partial charge >= 0.3 is 5.97 Å². The van der Waals surface area contributed by atoms with E-state index in [0.29, 0.717) is 5.69 Å². The Hall–Kier alpha value is -5.07. The molecule has 19 heteroatoms. The first kappa shape index (κ1) is 45.0. The van der Waals surface area contributed by atoms with Crippen LogP contribution in [0.2, 0.25) is 0 Å². The summed E-state index contributed by atoms with van der Waals surface area (Å²) in [6, 6.07) is -7.08. The number of carbonyl (C=O) groups is 8. The number of imidazole rings is 1. The number of primary amides is 1. The Balaban J connectivity index is 3.14. The summed E-state index contributed by atoms with van der Waals surface area (Å²) in [6.45, 7) is 11.6. The van der Waals surface area contributed by atoms with Crippen molar-refractivity contribution in [3.05, 3.63) is 18.2 Å². The topological polar surface area (TPSA) is 310 Å². The third kappa shape index (κ3) is 17.2. The van der Waals surface area contributed by atoms with Crippen LogP contribution in [-0.2, 0) is 44.8 Å². The lowest BCUT2D eigenvalue weighted by Crippen LogP contribution is -2.59. The van der Waals surface area contributed by atoms with Crippen LogP contribution in [0.15, 0.2) is 12.5 Å². The maximum absolute atomic E-state index is 13.7. The van der Waals surface area contributed by atoms with E-state index in [1.54, 1.807) is 0 Å². The second kappa shape index (κ2) is 22.0. The molecule has 0 radical (unpaired) electrons. The van der Waals surface area contributed by atoms with Crippen LogP contribution in [0.5, 0.6) is 0 Å². The Kier molecular flexibility index (Phi) is 19.0. The number of rotatable bonds is 23. The molecule has 1 heterocycles. The SMILES string of the molecule is CC(C)C[C@H](NC(=O)CNC(=O)[C@H](CC(C)C)NC(=O)[C@H](Cc1cnc[nH]1)NC(=O)[C@H](CC(C)C)NC(=O)[C@@H](N)CC(N)=O)C(=O)N[C@@H](C)C(=O)O. The fraction of sp³-hybridized carbons (Fsp3) is 0.667. The average molecular weight is 737 g/mol. The highest BCUT2D eigenvalue weighted by atomic mass is 16.4. The number of carbonyl (C=O) groups excluding carboxylic acids is 7. The van der Waals surface area contributed by atoms with Crippen molar-refractivity contribution in [2.75, 3.05) is 6.54 Å². The molecule has 1 aromatic heterocycles. The van der Waals surface area contributed by atoms with E-state index in [1.165, 1.54) is 19.4 Å². The third-order valence-electron chi connectivity index (χ3n) is 7.56. The standard InChI is InChI=1S/C33H56N10O9/c1-16(2)8-22(29(47)37-14-27(45)40-23(9-17(3)4)30(48)39-19(7)33(51)52)42-32(50)25(11-20-13-36-15-38-20)43-31(49)24(10-18(5)6)41-28(46)21(34)12-26(35)44/h13,15-19,21-25H,8-12,14,34H2,1-7H3,(H2,35,44)(H,36,38)(H,37,47)(H,39,48)(H,40,45)(H,41,46)(H,42,50)(H,43,49)(H,51,52)/t19-,21-,22-,23-,24-,25-/m0/s1. The number of amides is 7. The van der Waals surface area contributed by atoms with Crippen LogP contribution in [0.1, 0.15) is 79.8 Å². The van der Waals surface area contributed by atoms with Crippen LogP contribution in [0, 0.1) is 17.8 Å². The Bertz CT molecular complexity index is 1380. The maximum atomic E-state index is 13.7. The molecule has 1 rings (SSSR count). The van der Waals surface area contributed by atoms with Gasteiger partial charge in [0.15, 0.2) is 0 Å². The summed E-state index contributed by atoms with van der Waals surface area (Å²) in [5.74, 6) is -6.62. The molecule has 292 valence electrons. The maximum Gasteiger partial charge on any atom is 0.325 e. The summed E-state index contributed by atoms with van der Waals surface area (Å²) in [7, 11) is 0. The van der Waals surface area contributed by atoms with Crippen molar-refractivity contribution < 1.29 is 43.5 Å². The van der Waals surface area contributed by atoms with Crippen LogP contribution in [-0.4, -0.2) is 105 Å². The van der Waals surface area contributed by atoms with E-state index in [9.17, 15) is 38.4 Å². The van der Waals surface area contributed by atoms with Gasteiger partial charge in [-0.3, -0.25) is 38.4 Å². The molecule has 12 N–H and O–H groups in total. The number of aliphatic carboxylic acids is 1. The van der Waals surface area contributed by atoms with Gasteiger partial charge in [-0.05, 0) is 43.9 Å². The minimum atomic E-state index is -1.29. The Morgan fingerprint density at radius 2 is 1.15 bits per heavy atom. The molecule has 0 aromatic carbocycles. The first-order valence-electron chi connectivity index (χ1n) is 17.2. The zero-order valence-corrected chi connectivity index (χ0v) is 30.9. The average Bonchev–Trinajstić information content (AvgIpc) is 3.54. The highest BCUT2D eigenvalue weighted by molar-refractivity contribution is 5.96. The molecule has 19 nitrogen and oxygen atoms in total. The molecule has 0 aliphatic rings. The Morgan fingerprint density at radius 3 is 1.63 bits per heavy atom. The van der Waals surface area contributed by atoms with Gasteiger partial charge in [-0.2, -0.15) is 0 Å². The number of carboxylic acid groups (broad SMARTS) is 1. The summed E-state index contributed by atoms with van der Waals surface area (Å²) in [6.07, 6.45) is 2.85. The van der Waals surface area contributed by atoms with Gasteiger partial charge in [0.25, 0.3) is 0 Å². The number of nitrogens with two attached hydrogens (primary N) is 2. The number of carboxylic acids is 1. The lowest BCUT2D eigenvalue weighted by Gasteiger charge is -2.27. The number of nitrogens with one attached hydrogen (secondary N) is 7. The molecule has 0 spiro atoms. The molecular formula is C33H56N10O9. The van der Waals surface area contributed by atoms with Crippen molar-refractivity contribution in [2.24, 2.45) is 29.2 Å². The van der Waals surface area contributed by atoms with E-state index in [0.717, 1.165) is 0 Å². The lowest BCUT2D eigenvalue weighted by molar-refractivity contribution is -0.141. The predicted octanol–water partition coefficient (Wildman–Crippen LogP) is -2.06. The van der Waals surface area contributed by atoms with Gasteiger partial charge in [0.2, 0.25) is 41.4 Å². The van der Waals surface area contributed by atoms with Gasteiger partial charge in [-0.15, -0.1) is 0 Å². The Labute approximate surface area is 303 Å². The van der Waals surface area contributed by atoms with Crippen molar-refractivity contribution in [2.45, 2.75) is 117 Å². The van der Waals surface area contributed by atoms with E-state index in [2.05, 4.69) is 41.9 Å². The van der Waals surface area contributed by atoms with Crippen LogP contribution in [0.4, 0.5) is 0 Å². The number of hydrogen-bond acceptors (Lipinski definition) is 10. The lowest BCUT2D eigenvalue weighted by atomic mass is 10.0. The molecular weight excluding hydrogens is 680 g/mol. The molecule has 6 atom stereocenters.